The van der Waals surface area contributed by atoms with Gasteiger partial charge in [0.25, 0.3) is 5.91 Å². The van der Waals surface area contributed by atoms with E-state index in [0.29, 0.717) is 0 Å². The summed E-state index contributed by atoms with van der Waals surface area (Å²) in [7, 11) is 0. The molecule has 1 aliphatic heterocycles. The number of likely N-dealkylation sites (tertiary alicyclic amines) is 1. The lowest BCUT2D eigenvalue weighted by atomic mass is 10.1. The molecule has 1 saturated carbocycles. The van der Waals surface area contributed by atoms with Crippen LogP contribution < -0.4 is 5.32 Å². The van der Waals surface area contributed by atoms with Crippen molar-refractivity contribution in [3.8, 4) is 6.07 Å². The molecule has 0 radical (unpaired) electrons. The van der Waals surface area contributed by atoms with Crippen LogP contribution in [0.1, 0.15) is 44.9 Å². The Hall–Kier alpha value is -1.50. The smallest absolute Gasteiger partial charge is 0.263 e. The molecule has 4 heteroatoms. The molecule has 1 N–H and O–H groups in total. The Morgan fingerprint density at radius 3 is 2.44 bits per heavy atom. The molecular weight excluding hydrogens is 226 g/mol. The lowest BCUT2D eigenvalue weighted by Crippen LogP contribution is -2.34. The van der Waals surface area contributed by atoms with Gasteiger partial charge in [0.1, 0.15) is 11.6 Å². The van der Waals surface area contributed by atoms with Gasteiger partial charge in [-0.1, -0.05) is 12.8 Å². The number of piperidine rings is 1. The van der Waals surface area contributed by atoms with Crippen LogP contribution in [0.3, 0.4) is 0 Å². The first-order chi connectivity index (χ1) is 8.79. The maximum Gasteiger partial charge on any atom is 0.263 e. The van der Waals surface area contributed by atoms with E-state index >= 15 is 0 Å². The molecule has 0 aromatic rings. The molecule has 4 nitrogen and oxygen atoms in total. The summed E-state index contributed by atoms with van der Waals surface area (Å²) in [6, 6.07) is 2.30. The van der Waals surface area contributed by atoms with Gasteiger partial charge in [-0.25, -0.2) is 0 Å². The van der Waals surface area contributed by atoms with Crippen molar-refractivity contribution in [2.24, 2.45) is 0 Å². The van der Waals surface area contributed by atoms with Gasteiger partial charge in [-0.15, -0.1) is 0 Å². The molecule has 0 unspecified atom stereocenters. The van der Waals surface area contributed by atoms with Crippen LogP contribution in [0.15, 0.2) is 11.8 Å². The first-order valence-corrected chi connectivity index (χ1v) is 6.96. The van der Waals surface area contributed by atoms with E-state index in [2.05, 4.69) is 10.2 Å². The molecule has 98 valence electrons. The van der Waals surface area contributed by atoms with Gasteiger partial charge in [0.2, 0.25) is 0 Å². The van der Waals surface area contributed by atoms with Crippen molar-refractivity contribution in [1.82, 2.24) is 10.2 Å². The zero-order chi connectivity index (χ0) is 12.8. The van der Waals surface area contributed by atoms with E-state index in [1.54, 1.807) is 6.20 Å². The SMILES string of the molecule is N#C/C(=C/N1CCCCC1)C(=O)NC1CCCC1. The van der Waals surface area contributed by atoms with Gasteiger partial charge in [-0.2, -0.15) is 5.26 Å². The van der Waals surface area contributed by atoms with Crippen molar-refractivity contribution in [2.75, 3.05) is 13.1 Å². The first kappa shape index (κ1) is 12.9. The molecule has 1 aliphatic carbocycles. The predicted molar refractivity (Wildman–Crippen MR) is 69.5 cm³/mol. The minimum Gasteiger partial charge on any atom is -0.376 e. The third kappa shape index (κ3) is 3.49. The number of nitriles is 1. The standard InChI is InChI=1S/C14H21N3O/c15-10-12(11-17-8-4-1-5-9-17)14(18)16-13-6-2-3-7-13/h11,13H,1-9H2,(H,16,18)/b12-11-. The molecule has 18 heavy (non-hydrogen) atoms. The summed E-state index contributed by atoms with van der Waals surface area (Å²) in [6.07, 6.45) is 9.76. The highest BCUT2D eigenvalue weighted by Crippen LogP contribution is 2.18. The van der Waals surface area contributed by atoms with Crippen molar-refractivity contribution >= 4 is 5.91 Å². The van der Waals surface area contributed by atoms with Crippen LogP contribution in [0.4, 0.5) is 0 Å². The zero-order valence-electron chi connectivity index (χ0n) is 10.8. The van der Waals surface area contributed by atoms with E-state index in [9.17, 15) is 4.79 Å². The molecule has 0 aromatic carbocycles. The number of nitrogens with zero attached hydrogens (tertiary/aromatic N) is 2. The van der Waals surface area contributed by atoms with E-state index in [4.69, 9.17) is 5.26 Å². The van der Waals surface area contributed by atoms with Gasteiger partial charge < -0.3 is 10.2 Å². The van der Waals surface area contributed by atoms with Gasteiger partial charge in [0.05, 0.1) is 0 Å². The van der Waals surface area contributed by atoms with Crippen LogP contribution in [0.5, 0.6) is 0 Å². The average Bonchev–Trinajstić information content (AvgIpc) is 2.90. The summed E-state index contributed by atoms with van der Waals surface area (Å²) < 4.78 is 0. The van der Waals surface area contributed by atoms with Gasteiger partial charge >= 0.3 is 0 Å². The van der Waals surface area contributed by atoms with Gasteiger partial charge in [0, 0.05) is 25.3 Å². The monoisotopic (exact) mass is 247 g/mol. The Morgan fingerprint density at radius 1 is 1.17 bits per heavy atom. The van der Waals surface area contributed by atoms with Crippen molar-refractivity contribution in [1.29, 1.82) is 5.26 Å². The number of amides is 1. The van der Waals surface area contributed by atoms with Crippen molar-refractivity contribution in [3.05, 3.63) is 11.8 Å². The normalized spacial score (nSPS) is 21.7. The summed E-state index contributed by atoms with van der Waals surface area (Å²) in [5, 5.41) is 12.1. The maximum atomic E-state index is 12.0. The molecule has 1 heterocycles. The highest BCUT2D eigenvalue weighted by molar-refractivity contribution is 5.97. The third-order valence-corrected chi connectivity index (χ3v) is 3.76. The fraction of sp³-hybridized carbons (Fsp3) is 0.714. The van der Waals surface area contributed by atoms with Gasteiger partial charge in [-0.05, 0) is 32.1 Å². The first-order valence-electron chi connectivity index (χ1n) is 6.96. The second-order valence-corrected chi connectivity index (χ2v) is 5.21. The minimum absolute atomic E-state index is 0.199. The second-order valence-electron chi connectivity index (χ2n) is 5.21. The molecule has 2 fully saturated rings. The lowest BCUT2D eigenvalue weighted by Gasteiger charge is -2.25. The fourth-order valence-electron chi connectivity index (χ4n) is 2.70. The number of hydrogen-bond acceptors (Lipinski definition) is 3. The van der Waals surface area contributed by atoms with Crippen molar-refractivity contribution in [3.63, 3.8) is 0 Å². The largest absolute Gasteiger partial charge is 0.376 e. The van der Waals surface area contributed by atoms with Gasteiger partial charge in [0.15, 0.2) is 0 Å². The minimum atomic E-state index is -0.199. The van der Waals surface area contributed by atoms with E-state index in [1.807, 2.05) is 6.07 Å². The molecular formula is C14H21N3O. The number of carbonyl (C=O) groups is 1. The van der Waals surface area contributed by atoms with Crippen LogP contribution in [0.2, 0.25) is 0 Å². The highest BCUT2D eigenvalue weighted by Gasteiger charge is 2.20. The third-order valence-electron chi connectivity index (χ3n) is 3.76. The van der Waals surface area contributed by atoms with Gasteiger partial charge in [-0.3, -0.25) is 4.79 Å². The van der Waals surface area contributed by atoms with Crippen LogP contribution in [0.25, 0.3) is 0 Å². The summed E-state index contributed by atoms with van der Waals surface area (Å²) in [6.45, 7) is 1.92. The molecule has 1 saturated heterocycles. The van der Waals surface area contributed by atoms with E-state index in [0.717, 1.165) is 38.8 Å². The van der Waals surface area contributed by atoms with Crippen molar-refractivity contribution < 1.29 is 4.79 Å². The van der Waals surface area contributed by atoms with Crippen LogP contribution in [0, 0.1) is 11.3 Å². The molecule has 0 spiro atoms. The Balaban J connectivity index is 1.91. The Morgan fingerprint density at radius 2 is 1.83 bits per heavy atom. The number of hydrogen-bond donors (Lipinski definition) is 1. The predicted octanol–water partition coefficient (Wildman–Crippen LogP) is 1.94. The number of nitrogens with one attached hydrogen (secondary N) is 1. The summed E-state index contributed by atoms with van der Waals surface area (Å²) in [4.78, 5) is 14.1. The lowest BCUT2D eigenvalue weighted by molar-refractivity contribution is -0.117. The molecule has 0 atom stereocenters. The molecule has 2 rings (SSSR count). The average molecular weight is 247 g/mol. The molecule has 2 aliphatic rings. The Bertz CT molecular complexity index is 358. The maximum absolute atomic E-state index is 12.0. The number of carbonyl (C=O) groups excluding carboxylic acids is 1. The summed E-state index contributed by atoms with van der Waals surface area (Å²) in [5.41, 5.74) is 0.254. The van der Waals surface area contributed by atoms with E-state index in [1.165, 1.54) is 19.3 Å². The van der Waals surface area contributed by atoms with Crippen LogP contribution in [-0.4, -0.2) is 29.9 Å². The molecule has 0 bridgehead atoms. The highest BCUT2D eigenvalue weighted by atomic mass is 16.1. The Kier molecular flexibility index (Phi) is 4.63. The van der Waals surface area contributed by atoms with Crippen LogP contribution >= 0.6 is 0 Å². The summed E-state index contributed by atoms with van der Waals surface area (Å²) >= 11 is 0. The van der Waals surface area contributed by atoms with E-state index in [-0.39, 0.29) is 17.5 Å². The van der Waals surface area contributed by atoms with Crippen LogP contribution in [-0.2, 0) is 4.79 Å². The van der Waals surface area contributed by atoms with E-state index < -0.39 is 0 Å². The second kappa shape index (κ2) is 6.44. The number of rotatable bonds is 3. The summed E-state index contributed by atoms with van der Waals surface area (Å²) in [5.74, 6) is -0.199. The Labute approximate surface area is 109 Å². The zero-order valence-corrected chi connectivity index (χ0v) is 10.8. The fourth-order valence-corrected chi connectivity index (χ4v) is 2.70. The molecule has 1 amide bonds. The topological polar surface area (TPSA) is 56.1 Å². The quantitative estimate of drug-likeness (QED) is 0.612. The molecule has 0 aromatic heterocycles. The van der Waals surface area contributed by atoms with Crippen molar-refractivity contribution in [2.45, 2.75) is 51.0 Å².